The molecule has 1 fully saturated rings. The van der Waals surface area contributed by atoms with E-state index in [4.69, 9.17) is 5.10 Å². The predicted molar refractivity (Wildman–Crippen MR) is 132 cm³/mol. The summed E-state index contributed by atoms with van der Waals surface area (Å²) in [5.74, 6) is 0.169. The summed E-state index contributed by atoms with van der Waals surface area (Å²) in [6.07, 6.45) is 1.99. The van der Waals surface area contributed by atoms with E-state index in [1.165, 1.54) is 7.05 Å². The molecule has 0 aromatic carbocycles. The zero-order valence-electron chi connectivity index (χ0n) is 21.8. The lowest BCUT2D eigenvalue weighted by Crippen LogP contribution is -2.34. The molecule has 1 N–H and O–H groups in total. The summed E-state index contributed by atoms with van der Waals surface area (Å²) in [5, 5.41) is 19.3. The van der Waals surface area contributed by atoms with Crippen molar-refractivity contribution in [1.82, 2.24) is 39.3 Å². The van der Waals surface area contributed by atoms with Crippen LogP contribution in [0.1, 0.15) is 59.1 Å². The minimum Gasteiger partial charge on any atom is -0.337 e. The van der Waals surface area contributed by atoms with Gasteiger partial charge in [0.15, 0.2) is 11.4 Å². The van der Waals surface area contributed by atoms with E-state index in [2.05, 4.69) is 35.8 Å². The number of carbonyl (C=O) groups excluding carboxylic acids is 2. The Morgan fingerprint density at radius 3 is 2.44 bits per heavy atom. The second-order valence-electron chi connectivity index (χ2n) is 11.0. The smallest absolute Gasteiger partial charge is 0.297 e. The number of fused-ring (bicyclic) bond motifs is 2. The summed E-state index contributed by atoms with van der Waals surface area (Å²) in [6.45, 7) is 10.9. The summed E-state index contributed by atoms with van der Waals surface area (Å²) in [4.78, 5) is 32.2. The van der Waals surface area contributed by atoms with E-state index in [0.29, 0.717) is 48.3 Å². The normalized spacial score (nSPS) is 23.3. The predicted octanol–water partition coefficient (Wildman–Crippen LogP) is 1.38. The first-order chi connectivity index (χ1) is 17.2. The van der Waals surface area contributed by atoms with Gasteiger partial charge in [0.1, 0.15) is 0 Å². The van der Waals surface area contributed by atoms with Crippen molar-refractivity contribution in [3.05, 3.63) is 34.9 Å². The molecule has 2 unspecified atom stereocenters. The van der Waals surface area contributed by atoms with Crippen molar-refractivity contribution >= 4 is 11.8 Å². The van der Waals surface area contributed by atoms with Crippen LogP contribution < -0.4 is 0 Å². The van der Waals surface area contributed by atoms with E-state index in [1.807, 2.05) is 20.3 Å². The fourth-order valence-electron chi connectivity index (χ4n) is 5.88. The van der Waals surface area contributed by atoms with E-state index < -0.39 is 5.91 Å². The molecule has 196 valence electrons. The van der Waals surface area contributed by atoms with Gasteiger partial charge >= 0.3 is 0 Å². The molecule has 3 aliphatic rings. The summed E-state index contributed by atoms with van der Waals surface area (Å²) in [7, 11) is 3.39. The molecular formula is C25H38N8O3. The van der Waals surface area contributed by atoms with Gasteiger partial charge in [-0.25, -0.2) is 5.06 Å². The Balaban J connectivity index is 1.27. The second-order valence-corrected chi connectivity index (χ2v) is 11.0. The Kier molecular flexibility index (Phi) is 6.88. The first-order valence-corrected chi connectivity index (χ1v) is 13.0. The maximum Gasteiger partial charge on any atom is 0.297 e. The largest absolute Gasteiger partial charge is 0.337 e. The van der Waals surface area contributed by atoms with Gasteiger partial charge in [0.05, 0.1) is 11.4 Å². The van der Waals surface area contributed by atoms with E-state index in [1.54, 1.807) is 6.07 Å². The van der Waals surface area contributed by atoms with E-state index in [9.17, 15) is 14.8 Å². The molecule has 5 heterocycles. The lowest BCUT2D eigenvalue weighted by atomic mass is 9.91. The van der Waals surface area contributed by atoms with E-state index in [-0.39, 0.29) is 11.6 Å². The van der Waals surface area contributed by atoms with Crippen molar-refractivity contribution in [2.24, 2.45) is 11.8 Å². The van der Waals surface area contributed by atoms with Gasteiger partial charge in [0.25, 0.3) is 11.8 Å². The van der Waals surface area contributed by atoms with Gasteiger partial charge in [-0.2, -0.15) is 10.2 Å². The van der Waals surface area contributed by atoms with E-state index in [0.717, 1.165) is 57.0 Å². The molecule has 36 heavy (non-hydrogen) atoms. The van der Waals surface area contributed by atoms with Crippen molar-refractivity contribution in [1.29, 1.82) is 0 Å². The number of hydrogen-bond acceptors (Lipinski definition) is 7. The Hall–Kier alpha value is -2.76. The fourth-order valence-corrected chi connectivity index (χ4v) is 5.88. The van der Waals surface area contributed by atoms with Gasteiger partial charge in [-0.3, -0.25) is 29.1 Å². The van der Waals surface area contributed by atoms with Crippen molar-refractivity contribution < 1.29 is 14.8 Å². The second kappa shape index (κ2) is 9.95. The summed E-state index contributed by atoms with van der Waals surface area (Å²) < 4.78 is 3.92. The average Bonchev–Trinajstić information content (AvgIpc) is 3.51. The number of rotatable bonds is 4. The van der Waals surface area contributed by atoms with Crippen LogP contribution >= 0.6 is 0 Å². The minimum atomic E-state index is -0.512. The number of likely N-dealkylation sites (tertiary alicyclic amines) is 1. The van der Waals surface area contributed by atoms with Gasteiger partial charge in [-0.05, 0) is 57.7 Å². The Morgan fingerprint density at radius 2 is 1.69 bits per heavy atom. The minimum absolute atomic E-state index is 0.0230. The maximum atomic E-state index is 13.4. The highest BCUT2D eigenvalue weighted by Crippen LogP contribution is 2.30. The third kappa shape index (κ3) is 4.91. The zero-order valence-corrected chi connectivity index (χ0v) is 21.8. The summed E-state index contributed by atoms with van der Waals surface area (Å²) in [5.41, 5.74) is 2.89. The highest BCUT2D eigenvalue weighted by atomic mass is 16.5. The third-order valence-electron chi connectivity index (χ3n) is 7.93. The molecule has 2 atom stereocenters. The molecule has 1 saturated heterocycles. The Labute approximate surface area is 212 Å². The van der Waals surface area contributed by atoms with Gasteiger partial charge in [-0.15, -0.1) is 0 Å². The molecule has 2 aromatic rings. The molecule has 0 spiro atoms. The number of aromatic nitrogens is 4. The Bertz CT molecular complexity index is 1120. The van der Waals surface area contributed by atoms with Gasteiger partial charge < -0.3 is 9.80 Å². The van der Waals surface area contributed by atoms with Crippen molar-refractivity contribution in [3.63, 3.8) is 0 Å². The number of carbonyl (C=O) groups is 2. The fraction of sp³-hybridized carbons (Fsp3) is 0.680. The first kappa shape index (κ1) is 24.9. The molecule has 5 rings (SSSR count). The van der Waals surface area contributed by atoms with Crippen LogP contribution in [0, 0.1) is 11.8 Å². The molecule has 0 aliphatic carbocycles. The molecule has 11 nitrogen and oxygen atoms in total. The van der Waals surface area contributed by atoms with Crippen LogP contribution in [0.4, 0.5) is 0 Å². The summed E-state index contributed by atoms with van der Waals surface area (Å²) in [6, 6.07) is 4.22. The van der Waals surface area contributed by atoms with Crippen LogP contribution in [0.2, 0.25) is 0 Å². The highest BCUT2D eigenvalue weighted by Gasteiger charge is 2.36. The monoisotopic (exact) mass is 498 g/mol. The van der Waals surface area contributed by atoms with Crippen LogP contribution in [0.15, 0.2) is 12.1 Å². The van der Waals surface area contributed by atoms with Crippen molar-refractivity contribution in [2.45, 2.75) is 58.9 Å². The molecule has 0 bridgehead atoms. The quantitative estimate of drug-likeness (QED) is 0.502. The van der Waals surface area contributed by atoms with Crippen molar-refractivity contribution in [3.8, 4) is 0 Å². The standard InChI is InChI=1S/C25H38N8O3/c1-17(2)30-7-5-8-32-21(16-30)11-23(26-32)25(35)31-9-6-18(13-31)19-12-28(3)15-20-10-22(24(34)29(4)36)27-33(20)14-19/h10-11,17-19,36H,5-9,12-16H2,1-4H3. The molecular weight excluding hydrogens is 460 g/mol. The number of amides is 2. The molecule has 0 saturated carbocycles. The van der Waals surface area contributed by atoms with Crippen LogP contribution in [0.5, 0.6) is 0 Å². The van der Waals surface area contributed by atoms with Crippen molar-refractivity contribution in [2.75, 3.05) is 40.3 Å². The highest BCUT2D eigenvalue weighted by molar-refractivity contribution is 5.92. The number of aryl methyl sites for hydroxylation is 1. The van der Waals surface area contributed by atoms with Gasteiger partial charge in [0.2, 0.25) is 0 Å². The number of nitrogens with zero attached hydrogens (tertiary/aromatic N) is 8. The van der Waals surface area contributed by atoms with Crippen LogP contribution in [-0.2, 0) is 26.2 Å². The topological polar surface area (TPSA) is 103 Å². The maximum absolute atomic E-state index is 13.4. The molecule has 11 heteroatoms. The van der Waals surface area contributed by atoms with Crippen LogP contribution in [0.25, 0.3) is 0 Å². The molecule has 3 aliphatic heterocycles. The first-order valence-electron chi connectivity index (χ1n) is 13.0. The zero-order chi connectivity index (χ0) is 25.6. The van der Waals surface area contributed by atoms with Gasteiger partial charge in [-0.1, -0.05) is 0 Å². The summed E-state index contributed by atoms with van der Waals surface area (Å²) >= 11 is 0. The Morgan fingerprint density at radius 1 is 0.972 bits per heavy atom. The van der Waals surface area contributed by atoms with Gasteiger partial charge in [0, 0.05) is 65.4 Å². The SMILES string of the molecule is CC(C)N1CCCn2nc(C(=O)N3CCC(C4CN(C)Cc5cc(C(=O)N(C)O)nn5C4)C3)cc2C1. The van der Waals surface area contributed by atoms with Crippen LogP contribution in [0.3, 0.4) is 0 Å². The molecule has 0 radical (unpaired) electrons. The van der Waals surface area contributed by atoms with Crippen LogP contribution in [-0.4, -0.2) is 103 Å². The average molecular weight is 499 g/mol. The lowest BCUT2D eigenvalue weighted by Gasteiger charge is -2.25. The third-order valence-corrected chi connectivity index (χ3v) is 7.93. The molecule has 2 amide bonds. The molecule has 2 aromatic heterocycles. The number of hydrogen-bond donors (Lipinski definition) is 1. The number of hydroxylamine groups is 2. The van der Waals surface area contributed by atoms with E-state index >= 15 is 0 Å². The lowest BCUT2D eigenvalue weighted by molar-refractivity contribution is -0.0380.